The fourth-order valence-corrected chi connectivity index (χ4v) is 3.93. The lowest BCUT2D eigenvalue weighted by Crippen LogP contribution is -2.41. The molecule has 1 aliphatic heterocycles. The minimum absolute atomic E-state index is 0.0114. The van der Waals surface area contributed by atoms with E-state index in [0.29, 0.717) is 5.69 Å². The van der Waals surface area contributed by atoms with Crippen molar-refractivity contribution >= 4 is 34.6 Å². The third-order valence-corrected chi connectivity index (χ3v) is 5.29. The van der Waals surface area contributed by atoms with E-state index in [-0.39, 0.29) is 24.3 Å². The van der Waals surface area contributed by atoms with Gasteiger partial charge in [-0.2, -0.15) is 0 Å². The molecule has 1 aliphatic carbocycles. The Morgan fingerprint density at radius 2 is 2.04 bits per heavy atom. The van der Waals surface area contributed by atoms with E-state index in [1.807, 2.05) is 56.3 Å². The highest BCUT2D eigenvalue weighted by Gasteiger charge is 2.37. The largest absolute Gasteiger partial charge is 0.324 e. The van der Waals surface area contributed by atoms with Crippen LogP contribution in [0.1, 0.15) is 30.4 Å². The summed E-state index contributed by atoms with van der Waals surface area (Å²) in [5.74, 6) is -0.426. The standard InChI is InChI=1S/C22H23N3O2/c1-14-10-11-17(15(2)12-14)24-21(26)13-25-20-9-4-3-7-19(20)23-18-8-5-6-16(18)22(25)27/h3-4,7,9-12,16H,5-6,8,13H2,1-2H3,(H,24,26)/t16-/m1/s1. The number of aliphatic imine (C=N–C) groups is 1. The number of nitrogens with zero attached hydrogens (tertiary/aromatic N) is 2. The molecule has 5 heteroatoms. The van der Waals surface area contributed by atoms with Gasteiger partial charge in [-0.15, -0.1) is 0 Å². The number of carbonyl (C=O) groups excluding carboxylic acids is 2. The Morgan fingerprint density at radius 3 is 2.85 bits per heavy atom. The van der Waals surface area contributed by atoms with E-state index < -0.39 is 0 Å². The lowest BCUT2D eigenvalue weighted by Gasteiger charge is -2.24. The summed E-state index contributed by atoms with van der Waals surface area (Å²) < 4.78 is 0. The summed E-state index contributed by atoms with van der Waals surface area (Å²) in [5.41, 5.74) is 5.36. The van der Waals surface area contributed by atoms with Crippen LogP contribution in [0.2, 0.25) is 0 Å². The number of aryl methyl sites for hydroxylation is 2. The van der Waals surface area contributed by atoms with Gasteiger partial charge in [-0.1, -0.05) is 29.8 Å². The van der Waals surface area contributed by atoms with Gasteiger partial charge in [0.1, 0.15) is 6.54 Å². The first kappa shape index (κ1) is 17.5. The highest BCUT2D eigenvalue weighted by atomic mass is 16.2. The topological polar surface area (TPSA) is 61.8 Å². The second-order valence-corrected chi connectivity index (χ2v) is 7.33. The number of amides is 2. The molecular weight excluding hydrogens is 338 g/mol. The van der Waals surface area contributed by atoms with Crippen LogP contribution < -0.4 is 10.2 Å². The number of fused-ring (bicyclic) bond motifs is 2. The predicted octanol–water partition coefficient (Wildman–Crippen LogP) is 4.16. The van der Waals surface area contributed by atoms with Gasteiger partial charge in [0, 0.05) is 11.4 Å². The fraction of sp³-hybridized carbons (Fsp3) is 0.318. The summed E-state index contributed by atoms with van der Waals surface area (Å²) in [6.45, 7) is 3.97. The number of hydrogen-bond acceptors (Lipinski definition) is 3. The van der Waals surface area contributed by atoms with Crippen molar-refractivity contribution in [2.24, 2.45) is 10.9 Å². The Kier molecular flexibility index (Phi) is 4.52. The average Bonchev–Trinajstić information content (AvgIpc) is 3.06. The lowest BCUT2D eigenvalue weighted by molar-refractivity contribution is -0.122. The number of nitrogens with one attached hydrogen (secondary N) is 1. The second kappa shape index (κ2) is 6.99. The molecule has 1 heterocycles. The summed E-state index contributed by atoms with van der Waals surface area (Å²) in [7, 11) is 0. The molecule has 1 saturated carbocycles. The van der Waals surface area contributed by atoms with E-state index in [4.69, 9.17) is 4.99 Å². The van der Waals surface area contributed by atoms with E-state index in [9.17, 15) is 9.59 Å². The van der Waals surface area contributed by atoms with Crippen molar-refractivity contribution in [2.45, 2.75) is 33.1 Å². The number of rotatable bonds is 3. The first-order valence-corrected chi connectivity index (χ1v) is 9.38. The number of para-hydroxylation sites is 2. The number of benzene rings is 2. The molecule has 2 amide bonds. The van der Waals surface area contributed by atoms with Crippen molar-refractivity contribution in [1.29, 1.82) is 0 Å². The molecule has 4 rings (SSSR count). The van der Waals surface area contributed by atoms with Crippen molar-refractivity contribution in [3.63, 3.8) is 0 Å². The van der Waals surface area contributed by atoms with Crippen LogP contribution in [0.25, 0.3) is 0 Å². The molecule has 27 heavy (non-hydrogen) atoms. The van der Waals surface area contributed by atoms with E-state index in [1.165, 1.54) is 0 Å². The smallest absolute Gasteiger partial charge is 0.244 e. The number of carbonyl (C=O) groups is 2. The third-order valence-electron chi connectivity index (χ3n) is 5.29. The minimum atomic E-state index is -0.202. The molecule has 2 aromatic carbocycles. The maximum Gasteiger partial charge on any atom is 0.244 e. The first-order valence-electron chi connectivity index (χ1n) is 9.38. The zero-order chi connectivity index (χ0) is 19.0. The summed E-state index contributed by atoms with van der Waals surface area (Å²) in [5, 5.41) is 2.95. The lowest BCUT2D eigenvalue weighted by atomic mass is 10.1. The van der Waals surface area contributed by atoms with Crippen molar-refractivity contribution in [2.75, 3.05) is 16.8 Å². The molecule has 0 saturated heterocycles. The van der Waals surface area contributed by atoms with Gasteiger partial charge < -0.3 is 10.2 Å². The van der Waals surface area contributed by atoms with Gasteiger partial charge in [0.2, 0.25) is 11.8 Å². The normalized spacial score (nSPS) is 18.4. The maximum absolute atomic E-state index is 13.2. The van der Waals surface area contributed by atoms with Gasteiger partial charge in [0.25, 0.3) is 0 Å². The molecule has 0 radical (unpaired) electrons. The fourth-order valence-electron chi connectivity index (χ4n) is 3.93. The van der Waals surface area contributed by atoms with Crippen LogP contribution in [0.4, 0.5) is 17.1 Å². The molecule has 1 atom stereocenters. The SMILES string of the molecule is Cc1ccc(NC(=O)CN2C(=O)[C@@H]3CCCC3=Nc3ccccc32)c(C)c1. The maximum atomic E-state index is 13.2. The van der Waals surface area contributed by atoms with Gasteiger partial charge in [-0.25, -0.2) is 0 Å². The van der Waals surface area contributed by atoms with E-state index >= 15 is 0 Å². The summed E-state index contributed by atoms with van der Waals surface area (Å²) in [6.07, 6.45) is 2.63. The van der Waals surface area contributed by atoms with Crippen LogP contribution in [0.15, 0.2) is 47.5 Å². The van der Waals surface area contributed by atoms with Crippen LogP contribution in [0.3, 0.4) is 0 Å². The van der Waals surface area contributed by atoms with Gasteiger partial charge >= 0.3 is 0 Å². The molecule has 0 spiro atoms. The second-order valence-electron chi connectivity index (χ2n) is 7.33. The van der Waals surface area contributed by atoms with Crippen LogP contribution in [0.5, 0.6) is 0 Å². The average molecular weight is 361 g/mol. The van der Waals surface area contributed by atoms with Gasteiger partial charge in [0.05, 0.1) is 17.3 Å². The summed E-state index contributed by atoms with van der Waals surface area (Å²) in [6, 6.07) is 13.5. The van der Waals surface area contributed by atoms with Gasteiger partial charge in [-0.05, 0) is 56.9 Å². The van der Waals surface area contributed by atoms with Crippen molar-refractivity contribution < 1.29 is 9.59 Å². The highest BCUT2D eigenvalue weighted by Crippen LogP contribution is 2.37. The molecule has 5 nitrogen and oxygen atoms in total. The molecule has 0 bridgehead atoms. The Balaban J connectivity index is 1.61. The Morgan fingerprint density at radius 1 is 1.22 bits per heavy atom. The van der Waals surface area contributed by atoms with E-state index in [0.717, 1.165) is 47.5 Å². The highest BCUT2D eigenvalue weighted by molar-refractivity contribution is 6.16. The number of hydrogen-bond donors (Lipinski definition) is 1. The van der Waals surface area contributed by atoms with Crippen molar-refractivity contribution in [1.82, 2.24) is 0 Å². The summed E-state index contributed by atoms with van der Waals surface area (Å²) in [4.78, 5) is 32.2. The van der Waals surface area contributed by atoms with Crippen LogP contribution in [-0.4, -0.2) is 24.1 Å². The van der Waals surface area contributed by atoms with E-state index in [1.54, 1.807) is 4.90 Å². The Bertz CT molecular complexity index is 948. The van der Waals surface area contributed by atoms with Crippen LogP contribution in [-0.2, 0) is 9.59 Å². The molecule has 2 aromatic rings. The Hall–Kier alpha value is -2.95. The van der Waals surface area contributed by atoms with Gasteiger partial charge in [0.15, 0.2) is 0 Å². The van der Waals surface area contributed by atoms with Crippen molar-refractivity contribution in [3.05, 3.63) is 53.6 Å². The third kappa shape index (κ3) is 3.37. The first-order chi connectivity index (χ1) is 13.0. The zero-order valence-corrected chi connectivity index (χ0v) is 15.7. The van der Waals surface area contributed by atoms with Crippen molar-refractivity contribution in [3.8, 4) is 0 Å². The molecular formula is C22H23N3O2. The molecule has 2 aliphatic rings. The molecule has 1 N–H and O–H groups in total. The molecule has 0 aromatic heterocycles. The quantitative estimate of drug-likeness (QED) is 0.892. The molecule has 1 fully saturated rings. The molecule has 138 valence electrons. The minimum Gasteiger partial charge on any atom is -0.324 e. The Labute approximate surface area is 159 Å². The van der Waals surface area contributed by atoms with E-state index in [2.05, 4.69) is 5.32 Å². The van der Waals surface area contributed by atoms with Crippen LogP contribution in [0, 0.1) is 19.8 Å². The van der Waals surface area contributed by atoms with Crippen LogP contribution >= 0.6 is 0 Å². The number of anilines is 2. The summed E-state index contributed by atoms with van der Waals surface area (Å²) >= 11 is 0. The van der Waals surface area contributed by atoms with Gasteiger partial charge in [-0.3, -0.25) is 14.6 Å². The molecule has 0 unspecified atom stereocenters. The zero-order valence-electron chi connectivity index (χ0n) is 15.7. The predicted molar refractivity (Wildman–Crippen MR) is 108 cm³/mol. The monoisotopic (exact) mass is 361 g/mol.